The minimum atomic E-state index is -0.0417. The SMILES string of the molecule is O=C(c1cnc(-c2cccnc2)nc1)N1CC(c2ccccn2)C1. The first-order valence-corrected chi connectivity index (χ1v) is 7.74. The highest BCUT2D eigenvalue weighted by Gasteiger charge is 2.33. The monoisotopic (exact) mass is 317 g/mol. The van der Waals surface area contributed by atoms with E-state index in [4.69, 9.17) is 0 Å². The van der Waals surface area contributed by atoms with E-state index in [-0.39, 0.29) is 5.91 Å². The topological polar surface area (TPSA) is 71.9 Å². The fraction of sp³-hybridized carbons (Fsp3) is 0.167. The summed E-state index contributed by atoms with van der Waals surface area (Å²) in [5.74, 6) is 0.834. The maximum absolute atomic E-state index is 12.5. The molecule has 3 aromatic rings. The Bertz CT molecular complexity index is 830. The molecule has 0 bridgehead atoms. The average Bonchev–Trinajstić information content (AvgIpc) is 2.62. The molecule has 0 spiro atoms. The average molecular weight is 317 g/mol. The van der Waals surface area contributed by atoms with Crippen LogP contribution in [0.25, 0.3) is 11.4 Å². The van der Waals surface area contributed by atoms with Gasteiger partial charge in [-0.1, -0.05) is 6.07 Å². The molecular formula is C18H15N5O. The lowest BCUT2D eigenvalue weighted by Gasteiger charge is -2.38. The summed E-state index contributed by atoms with van der Waals surface area (Å²) in [5, 5.41) is 0. The number of carbonyl (C=O) groups excluding carboxylic acids is 1. The Labute approximate surface area is 139 Å². The normalized spacial score (nSPS) is 14.2. The van der Waals surface area contributed by atoms with Gasteiger partial charge >= 0.3 is 0 Å². The molecule has 3 aromatic heterocycles. The van der Waals surface area contributed by atoms with Gasteiger partial charge in [0.25, 0.3) is 5.91 Å². The fourth-order valence-corrected chi connectivity index (χ4v) is 2.71. The molecule has 0 aromatic carbocycles. The third-order valence-electron chi connectivity index (χ3n) is 4.09. The zero-order chi connectivity index (χ0) is 16.4. The van der Waals surface area contributed by atoms with Crippen molar-refractivity contribution in [3.63, 3.8) is 0 Å². The number of likely N-dealkylation sites (tertiary alicyclic amines) is 1. The Balaban J connectivity index is 1.43. The van der Waals surface area contributed by atoms with Gasteiger partial charge in [0.05, 0.1) is 5.56 Å². The van der Waals surface area contributed by atoms with Gasteiger partial charge in [-0.05, 0) is 24.3 Å². The molecule has 1 saturated heterocycles. The van der Waals surface area contributed by atoms with Gasteiger partial charge in [0, 0.05) is 61.2 Å². The molecule has 1 fully saturated rings. The smallest absolute Gasteiger partial charge is 0.257 e. The molecule has 6 nitrogen and oxygen atoms in total. The standard InChI is InChI=1S/C18H15N5O/c24-18(23-11-15(12-23)16-5-1-2-7-20-16)14-9-21-17(22-10-14)13-4-3-6-19-8-13/h1-10,15H,11-12H2. The molecule has 1 aliphatic rings. The van der Waals surface area contributed by atoms with Crippen molar-refractivity contribution in [3.05, 3.63) is 72.6 Å². The van der Waals surface area contributed by atoms with E-state index in [1.54, 1.807) is 35.9 Å². The molecule has 0 saturated carbocycles. The van der Waals surface area contributed by atoms with Gasteiger partial charge in [0.2, 0.25) is 0 Å². The highest BCUT2D eigenvalue weighted by molar-refractivity contribution is 5.94. The molecule has 4 rings (SSSR count). The first-order valence-electron chi connectivity index (χ1n) is 7.74. The Morgan fingerprint density at radius 1 is 0.958 bits per heavy atom. The number of carbonyl (C=O) groups is 1. The van der Waals surface area contributed by atoms with Gasteiger partial charge < -0.3 is 4.90 Å². The number of rotatable bonds is 3. The van der Waals surface area contributed by atoms with Crippen molar-refractivity contribution < 1.29 is 4.79 Å². The second kappa shape index (κ2) is 6.16. The van der Waals surface area contributed by atoms with Crippen molar-refractivity contribution in [2.24, 2.45) is 0 Å². The van der Waals surface area contributed by atoms with Crippen LogP contribution in [0.5, 0.6) is 0 Å². The fourth-order valence-electron chi connectivity index (χ4n) is 2.71. The van der Waals surface area contributed by atoms with E-state index >= 15 is 0 Å². The number of amides is 1. The molecule has 24 heavy (non-hydrogen) atoms. The molecule has 118 valence electrons. The Morgan fingerprint density at radius 3 is 2.46 bits per heavy atom. The second-order valence-corrected chi connectivity index (χ2v) is 5.70. The molecule has 0 aliphatic carbocycles. The van der Waals surface area contributed by atoms with Crippen LogP contribution in [0.1, 0.15) is 22.0 Å². The lowest BCUT2D eigenvalue weighted by atomic mass is 9.95. The number of aromatic nitrogens is 4. The predicted octanol–water partition coefficient (Wildman–Crippen LogP) is 2.17. The van der Waals surface area contributed by atoms with Gasteiger partial charge in [-0.25, -0.2) is 9.97 Å². The van der Waals surface area contributed by atoms with Crippen LogP contribution in [0.3, 0.4) is 0 Å². The van der Waals surface area contributed by atoms with Crippen molar-refractivity contribution in [2.45, 2.75) is 5.92 Å². The number of nitrogens with zero attached hydrogens (tertiary/aromatic N) is 5. The summed E-state index contributed by atoms with van der Waals surface area (Å²) in [4.78, 5) is 31.2. The summed E-state index contributed by atoms with van der Waals surface area (Å²) in [6.45, 7) is 1.36. The van der Waals surface area contributed by atoms with E-state index < -0.39 is 0 Å². The number of pyridine rings is 2. The van der Waals surface area contributed by atoms with Gasteiger partial charge in [0.15, 0.2) is 5.82 Å². The highest BCUT2D eigenvalue weighted by atomic mass is 16.2. The van der Waals surface area contributed by atoms with E-state index in [1.807, 2.05) is 30.3 Å². The van der Waals surface area contributed by atoms with E-state index in [0.29, 0.717) is 30.4 Å². The van der Waals surface area contributed by atoms with E-state index in [1.165, 1.54) is 0 Å². The van der Waals surface area contributed by atoms with Gasteiger partial charge in [-0.3, -0.25) is 14.8 Å². The van der Waals surface area contributed by atoms with Crippen molar-refractivity contribution in [1.82, 2.24) is 24.8 Å². The molecule has 0 atom stereocenters. The Morgan fingerprint density at radius 2 is 1.79 bits per heavy atom. The molecule has 0 radical (unpaired) electrons. The Kier molecular flexibility index (Phi) is 3.70. The lowest BCUT2D eigenvalue weighted by Crippen LogP contribution is -2.48. The van der Waals surface area contributed by atoms with Crippen LogP contribution in [0.4, 0.5) is 0 Å². The minimum absolute atomic E-state index is 0.0417. The van der Waals surface area contributed by atoms with Crippen molar-refractivity contribution in [3.8, 4) is 11.4 Å². The van der Waals surface area contributed by atoms with Crippen LogP contribution in [-0.4, -0.2) is 43.8 Å². The van der Waals surface area contributed by atoms with E-state index in [9.17, 15) is 4.79 Å². The van der Waals surface area contributed by atoms with Crippen LogP contribution < -0.4 is 0 Å². The summed E-state index contributed by atoms with van der Waals surface area (Å²) < 4.78 is 0. The zero-order valence-corrected chi connectivity index (χ0v) is 12.9. The highest BCUT2D eigenvalue weighted by Crippen LogP contribution is 2.26. The minimum Gasteiger partial charge on any atom is -0.337 e. The summed E-state index contributed by atoms with van der Waals surface area (Å²) in [6, 6.07) is 9.58. The molecule has 1 amide bonds. The molecule has 6 heteroatoms. The summed E-state index contributed by atoms with van der Waals surface area (Å²) in [5.41, 5.74) is 2.36. The first kappa shape index (κ1) is 14.4. The van der Waals surface area contributed by atoms with Gasteiger partial charge in [0.1, 0.15) is 0 Å². The van der Waals surface area contributed by atoms with Crippen molar-refractivity contribution >= 4 is 5.91 Å². The zero-order valence-electron chi connectivity index (χ0n) is 12.9. The lowest BCUT2D eigenvalue weighted by molar-refractivity contribution is 0.0598. The van der Waals surface area contributed by atoms with E-state index in [2.05, 4.69) is 19.9 Å². The second-order valence-electron chi connectivity index (χ2n) is 5.70. The van der Waals surface area contributed by atoms with Gasteiger partial charge in [-0.2, -0.15) is 0 Å². The summed E-state index contributed by atoms with van der Waals surface area (Å²) >= 11 is 0. The molecule has 1 aliphatic heterocycles. The number of hydrogen-bond acceptors (Lipinski definition) is 5. The van der Waals surface area contributed by atoms with Crippen LogP contribution >= 0.6 is 0 Å². The van der Waals surface area contributed by atoms with Crippen molar-refractivity contribution in [2.75, 3.05) is 13.1 Å². The molecule has 4 heterocycles. The van der Waals surface area contributed by atoms with Crippen molar-refractivity contribution in [1.29, 1.82) is 0 Å². The van der Waals surface area contributed by atoms with Crippen LogP contribution in [0.15, 0.2) is 61.3 Å². The number of hydrogen-bond donors (Lipinski definition) is 0. The van der Waals surface area contributed by atoms with Crippen LogP contribution in [0, 0.1) is 0 Å². The molecule has 0 N–H and O–H groups in total. The first-order chi connectivity index (χ1) is 11.8. The largest absolute Gasteiger partial charge is 0.337 e. The quantitative estimate of drug-likeness (QED) is 0.740. The summed E-state index contributed by atoms with van der Waals surface area (Å²) in [7, 11) is 0. The Hall–Kier alpha value is -3.15. The maximum Gasteiger partial charge on any atom is 0.257 e. The molecule has 0 unspecified atom stereocenters. The van der Waals surface area contributed by atoms with E-state index in [0.717, 1.165) is 11.3 Å². The summed E-state index contributed by atoms with van der Waals surface area (Å²) in [6.07, 6.45) is 8.33. The van der Waals surface area contributed by atoms with Crippen LogP contribution in [-0.2, 0) is 0 Å². The third kappa shape index (κ3) is 2.74. The molecular weight excluding hydrogens is 302 g/mol. The van der Waals surface area contributed by atoms with Gasteiger partial charge in [-0.15, -0.1) is 0 Å². The third-order valence-corrected chi connectivity index (χ3v) is 4.09. The predicted molar refractivity (Wildman–Crippen MR) is 88.1 cm³/mol. The maximum atomic E-state index is 12.5. The van der Waals surface area contributed by atoms with Crippen LogP contribution in [0.2, 0.25) is 0 Å².